The molecule has 2 aliphatic rings. The fraction of sp³-hybridized carbons (Fsp3) is 0.769. The molecule has 2 rings (SSSR count). The fourth-order valence-corrected chi connectivity index (χ4v) is 2.33. The number of carbonyl (C=O) groups is 3. The van der Waals surface area contributed by atoms with Crippen LogP contribution >= 0.6 is 0 Å². The number of hydrogen-bond acceptors (Lipinski definition) is 4. The molecule has 19 heavy (non-hydrogen) atoms. The highest BCUT2D eigenvalue weighted by molar-refractivity contribution is 5.84. The predicted molar refractivity (Wildman–Crippen MR) is 67.1 cm³/mol. The summed E-state index contributed by atoms with van der Waals surface area (Å²) < 4.78 is 4.46. The first-order valence-electron chi connectivity index (χ1n) is 6.75. The van der Waals surface area contributed by atoms with Crippen LogP contribution in [0.3, 0.4) is 0 Å². The van der Waals surface area contributed by atoms with Gasteiger partial charge < -0.3 is 15.0 Å². The standard InChI is InChI=1S/C13H20N2O4/c1-19-11(16)8-14-12(17)9-4-6-15(7-5-9)13(18)10-2-3-10/h9-10H,2-8H2,1H3,(H,14,17). The van der Waals surface area contributed by atoms with Gasteiger partial charge in [0.1, 0.15) is 6.54 Å². The van der Waals surface area contributed by atoms with E-state index in [1.54, 1.807) is 0 Å². The second-order valence-corrected chi connectivity index (χ2v) is 5.17. The van der Waals surface area contributed by atoms with Crippen LogP contribution in [0.1, 0.15) is 25.7 Å². The second-order valence-electron chi connectivity index (χ2n) is 5.17. The molecular weight excluding hydrogens is 248 g/mol. The van der Waals surface area contributed by atoms with Gasteiger partial charge in [0, 0.05) is 24.9 Å². The average molecular weight is 268 g/mol. The number of esters is 1. The van der Waals surface area contributed by atoms with Crippen molar-refractivity contribution in [2.45, 2.75) is 25.7 Å². The molecule has 106 valence electrons. The Labute approximate surface area is 112 Å². The Balaban J connectivity index is 1.71. The van der Waals surface area contributed by atoms with E-state index in [1.165, 1.54) is 7.11 Å². The summed E-state index contributed by atoms with van der Waals surface area (Å²) in [6.07, 6.45) is 3.37. The average Bonchev–Trinajstić information content (AvgIpc) is 3.28. The zero-order valence-electron chi connectivity index (χ0n) is 11.2. The number of carbonyl (C=O) groups excluding carboxylic acids is 3. The number of likely N-dealkylation sites (tertiary alicyclic amines) is 1. The number of methoxy groups -OCH3 is 1. The quantitative estimate of drug-likeness (QED) is 0.724. The minimum Gasteiger partial charge on any atom is -0.468 e. The summed E-state index contributed by atoms with van der Waals surface area (Å²) in [6, 6.07) is 0. The lowest BCUT2D eigenvalue weighted by atomic mass is 9.95. The molecule has 2 amide bonds. The maximum Gasteiger partial charge on any atom is 0.325 e. The molecule has 1 aliphatic heterocycles. The molecule has 0 aromatic carbocycles. The molecule has 0 aromatic heterocycles. The molecule has 0 atom stereocenters. The summed E-state index contributed by atoms with van der Waals surface area (Å²) in [5, 5.41) is 2.57. The zero-order valence-corrected chi connectivity index (χ0v) is 11.2. The van der Waals surface area contributed by atoms with Crippen LogP contribution in [0.4, 0.5) is 0 Å². The Kier molecular flexibility index (Phi) is 4.39. The maximum absolute atomic E-state index is 11.9. The van der Waals surface area contributed by atoms with E-state index in [2.05, 4.69) is 10.1 Å². The highest BCUT2D eigenvalue weighted by Gasteiger charge is 2.35. The summed E-state index contributed by atoms with van der Waals surface area (Å²) in [5.74, 6) is -0.190. The third-order valence-corrected chi connectivity index (χ3v) is 3.74. The summed E-state index contributed by atoms with van der Waals surface area (Å²) in [4.78, 5) is 36.5. The molecule has 2 fully saturated rings. The van der Waals surface area contributed by atoms with Crippen LogP contribution in [-0.2, 0) is 19.1 Å². The number of ether oxygens (including phenoxy) is 1. The van der Waals surface area contributed by atoms with Gasteiger partial charge in [0.05, 0.1) is 7.11 Å². The molecular formula is C13H20N2O4. The van der Waals surface area contributed by atoms with Crippen LogP contribution in [0.15, 0.2) is 0 Å². The van der Waals surface area contributed by atoms with Crippen LogP contribution in [0.25, 0.3) is 0 Å². The van der Waals surface area contributed by atoms with E-state index >= 15 is 0 Å². The van der Waals surface area contributed by atoms with Crippen molar-refractivity contribution in [3.8, 4) is 0 Å². The first-order chi connectivity index (χ1) is 9.11. The number of hydrogen-bond donors (Lipinski definition) is 1. The van der Waals surface area contributed by atoms with E-state index in [9.17, 15) is 14.4 Å². The molecule has 1 heterocycles. The molecule has 6 heteroatoms. The van der Waals surface area contributed by atoms with Crippen LogP contribution in [0.2, 0.25) is 0 Å². The van der Waals surface area contributed by atoms with Crippen molar-refractivity contribution in [1.82, 2.24) is 10.2 Å². The Morgan fingerprint density at radius 3 is 2.26 bits per heavy atom. The van der Waals surface area contributed by atoms with Gasteiger partial charge >= 0.3 is 5.97 Å². The van der Waals surface area contributed by atoms with Gasteiger partial charge in [-0.2, -0.15) is 0 Å². The fourth-order valence-electron chi connectivity index (χ4n) is 2.33. The molecule has 1 aliphatic carbocycles. The highest BCUT2D eigenvalue weighted by Crippen LogP contribution is 2.32. The molecule has 1 N–H and O–H groups in total. The molecule has 0 bridgehead atoms. The molecule has 0 spiro atoms. The van der Waals surface area contributed by atoms with Crippen molar-refractivity contribution in [3.63, 3.8) is 0 Å². The van der Waals surface area contributed by atoms with E-state index in [0.29, 0.717) is 25.9 Å². The van der Waals surface area contributed by atoms with Crippen LogP contribution in [0.5, 0.6) is 0 Å². The highest BCUT2D eigenvalue weighted by atomic mass is 16.5. The third-order valence-electron chi connectivity index (χ3n) is 3.74. The van der Waals surface area contributed by atoms with Crippen molar-refractivity contribution in [2.24, 2.45) is 11.8 Å². The van der Waals surface area contributed by atoms with Gasteiger partial charge in [-0.3, -0.25) is 14.4 Å². The molecule has 0 aromatic rings. The molecule has 0 unspecified atom stereocenters. The Bertz CT molecular complexity index is 371. The SMILES string of the molecule is COC(=O)CNC(=O)C1CCN(C(=O)C2CC2)CC1. The van der Waals surface area contributed by atoms with E-state index in [-0.39, 0.29) is 30.2 Å². The Morgan fingerprint density at radius 1 is 1.11 bits per heavy atom. The lowest BCUT2D eigenvalue weighted by Gasteiger charge is -2.31. The van der Waals surface area contributed by atoms with E-state index < -0.39 is 5.97 Å². The monoisotopic (exact) mass is 268 g/mol. The van der Waals surface area contributed by atoms with Crippen molar-refractivity contribution >= 4 is 17.8 Å². The second kappa shape index (κ2) is 6.04. The summed E-state index contributed by atoms with van der Waals surface area (Å²) in [7, 11) is 1.29. The smallest absolute Gasteiger partial charge is 0.325 e. The van der Waals surface area contributed by atoms with Crippen LogP contribution < -0.4 is 5.32 Å². The van der Waals surface area contributed by atoms with Crippen molar-refractivity contribution in [3.05, 3.63) is 0 Å². The Morgan fingerprint density at radius 2 is 1.74 bits per heavy atom. The maximum atomic E-state index is 11.9. The lowest BCUT2D eigenvalue weighted by Crippen LogP contribution is -2.44. The van der Waals surface area contributed by atoms with Gasteiger partial charge in [-0.05, 0) is 25.7 Å². The largest absolute Gasteiger partial charge is 0.468 e. The van der Waals surface area contributed by atoms with Crippen molar-refractivity contribution in [1.29, 1.82) is 0 Å². The van der Waals surface area contributed by atoms with Gasteiger partial charge in [0.15, 0.2) is 0 Å². The van der Waals surface area contributed by atoms with Gasteiger partial charge in [-0.25, -0.2) is 0 Å². The van der Waals surface area contributed by atoms with Crippen molar-refractivity contribution in [2.75, 3.05) is 26.7 Å². The number of nitrogens with one attached hydrogen (secondary N) is 1. The zero-order chi connectivity index (χ0) is 13.8. The van der Waals surface area contributed by atoms with Crippen LogP contribution in [0, 0.1) is 11.8 Å². The van der Waals surface area contributed by atoms with Gasteiger partial charge in [0.2, 0.25) is 11.8 Å². The molecule has 1 saturated carbocycles. The number of piperidine rings is 1. The Hall–Kier alpha value is -1.59. The predicted octanol–water partition coefficient (Wildman–Crippen LogP) is -0.0758. The minimum atomic E-state index is -0.449. The normalized spacial score (nSPS) is 19.9. The molecule has 0 radical (unpaired) electrons. The van der Waals surface area contributed by atoms with Crippen molar-refractivity contribution < 1.29 is 19.1 Å². The number of rotatable bonds is 4. The molecule has 1 saturated heterocycles. The topological polar surface area (TPSA) is 75.7 Å². The number of nitrogens with zero attached hydrogens (tertiary/aromatic N) is 1. The minimum absolute atomic E-state index is 0.0868. The third kappa shape index (κ3) is 3.68. The molecule has 6 nitrogen and oxygen atoms in total. The van der Waals surface area contributed by atoms with Gasteiger partial charge in [-0.1, -0.05) is 0 Å². The van der Waals surface area contributed by atoms with Gasteiger partial charge in [-0.15, -0.1) is 0 Å². The summed E-state index contributed by atoms with van der Waals surface area (Å²) >= 11 is 0. The first-order valence-corrected chi connectivity index (χ1v) is 6.75. The summed E-state index contributed by atoms with van der Waals surface area (Å²) in [5.41, 5.74) is 0. The summed E-state index contributed by atoms with van der Waals surface area (Å²) in [6.45, 7) is 1.20. The van der Waals surface area contributed by atoms with E-state index in [4.69, 9.17) is 0 Å². The van der Waals surface area contributed by atoms with E-state index in [0.717, 1.165) is 12.8 Å². The van der Waals surface area contributed by atoms with E-state index in [1.807, 2.05) is 4.90 Å². The van der Waals surface area contributed by atoms with Gasteiger partial charge in [0.25, 0.3) is 0 Å². The number of amides is 2. The lowest BCUT2D eigenvalue weighted by molar-refractivity contribution is -0.142. The first kappa shape index (κ1) is 13.8. The van der Waals surface area contributed by atoms with Crippen LogP contribution in [-0.4, -0.2) is 49.4 Å².